The van der Waals surface area contributed by atoms with Crippen LogP contribution in [0, 0.1) is 17.3 Å². The van der Waals surface area contributed by atoms with Gasteiger partial charge in [0.25, 0.3) is 0 Å². The van der Waals surface area contributed by atoms with Crippen molar-refractivity contribution in [2.24, 2.45) is 17.3 Å². The first kappa shape index (κ1) is 16.7. The van der Waals surface area contributed by atoms with Crippen LogP contribution in [0.25, 0.3) is 0 Å². The fraction of sp³-hybridized carbons (Fsp3) is 0.545. The monoisotopic (exact) mass is 369 g/mol. The number of hydrogen-bond acceptors (Lipinski definition) is 6. The van der Waals surface area contributed by atoms with Crippen molar-refractivity contribution in [1.82, 2.24) is 10.2 Å². The maximum absolute atomic E-state index is 12.2. The van der Waals surface area contributed by atoms with Crippen LogP contribution >= 0.6 is 34.5 Å². The lowest BCUT2D eigenvalue weighted by Crippen LogP contribution is -2.16. The minimum absolute atomic E-state index is 0.0650. The van der Waals surface area contributed by atoms with Crippen molar-refractivity contribution in [3.05, 3.63) is 10.6 Å². The Morgan fingerprint density at radius 1 is 1.38 bits per heavy atom. The van der Waals surface area contributed by atoms with E-state index in [2.05, 4.69) is 15.5 Å². The van der Waals surface area contributed by atoms with Gasteiger partial charge in [0.2, 0.25) is 25.2 Å². The maximum atomic E-state index is 12.2. The molecule has 0 aliphatic heterocycles. The molecule has 1 heterocycles. The molecule has 0 saturated heterocycles. The van der Waals surface area contributed by atoms with Crippen molar-refractivity contribution in [3.8, 4) is 0 Å². The first-order chi connectivity index (χ1) is 9.53. The number of aromatic nitrogens is 2. The number of carbonyl (C=O) groups is 1. The number of rotatable bonds is 4. The number of anilines is 1. The van der Waals surface area contributed by atoms with Gasteiger partial charge in [-0.1, -0.05) is 48.4 Å². The highest BCUT2D eigenvalue weighted by Crippen LogP contribution is 2.60. The van der Waals surface area contributed by atoms with Gasteiger partial charge in [0.1, 0.15) is 4.49 Å². The van der Waals surface area contributed by atoms with Crippen LogP contribution in [0.3, 0.4) is 0 Å². The summed E-state index contributed by atoms with van der Waals surface area (Å²) >= 11 is 12.1. The molecule has 6 nitrogen and oxygen atoms in total. The van der Waals surface area contributed by atoms with Crippen molar-refractivity contribution in [2.75, 3.05) is 11.6 Å². The molecule has 1 aromatic rings. The minimum Gasteiger partial charge on any atom is -0.300 e. The van der Waals surface area contributed by atoms with Gasteiger partial charge in [0, 0.05) is 6.26 Å². The van der Waals surface area contributed by atoms with E-state index >= 15 is 0 Å². The Bertz CT molecular complexity index is 708. The van der Waals surface area contributed by atoms with Crippen LogP contribution < -0.4 is 5.32 Å². The zero-order chi connectivity index (χ0) is 16.0. The van der Waals surface area contributed by atoms with Crippen LogP contribution in [-0.4, -0.2) is 30.8 Å². The van der Waals surface area contributed by atoms with E-state index in [4.69, 9.17) is 23.2 Å². The summed E-state index contributed by atoms with van der Waals surface area (Å²) in [5.41, 5.74) is -0.260. The molecule has 1 N–H and O–H groups in total. The van der Waals surface area contributed by atoms with Crippen LogP contribution in [0.2, 0.25) is 0 Å². The lowest BCUT2D eigenvalue weighted by atomic mass is 10.1. The van der Waals surface area contributed by atoms with Crippen LogP contribution in [0.4, 0.5) is 5.13 Å². The Labute approximate surface area is 136 Å². The number of nitrogens with zero attached hydrogens (tertiary/aromatic N) is 2. The fourth-order valence-corrected chi connectivity index (χ4v) is 4.00. The molecule has 1 amide bonds. The molecule has 1 aromatic heterocycles. The summed E-state index contributed by atoms with van der Waals surface area (Å²) in [5.74, 6) is -0.618. The molecule has 21 heavy (non-hydrogen) atoms. The van der Waals surface area contributed by atoms with Gasteiger partial charge in [0.05, 0.1) is 5.92 Å². The number of hydrogen-bond donors (Lipinski definition) is 1. The molecule has 1 aliphatic rings. The molecule has 1 aliphatic carbocycles. The van der Waals surface area contributed by atoms with Gasteiger partial charge in [-0.25, -0.2) is 8.42 Å². The first-order valence-corrected chi connectivity index (χ1v) is 9.37. The molecule has 0 spiro atoms. The third-order valence-corrected chi connectivity index (χ3v) is 6.21. The Balaban J connectivity index is 2.10. The second-order valence-electron chi connectivity index (χ2n) is 5.42. The molecule has 2 atom stereocenters. The summed E-state index contributed by atoms with van der Waals surface area (Å²) in [6.45, 7) is 3.86. The summed E-state index contributed by atoms with van der Waals surface area (Å²) in [4.78, 5) is 12.2. The quantitative estimate of drug-likeness (QED) is 0.823. The number of nitrogens with one attached hydrogen (secondary N) is 1. The average Bonchev–Trinajstić information content (AvgIpc) is 2.70. The smallest absolute Gasteiger partial charge is 0.234 e. The highest BCUT2D eigenvalue weighted by Gasteiger charge is 2.60. The molecule has 2 rings (SSSR count). The standard InChI is InChI=1S/C11H13Cl2N3O3S2/c1-11(2)5(4-6(12)13)7(11)8(17)14-9-15-16-10(20-9)21(3,18)19/h4-5,7H,1-3H3,(H,14,15,17)/t5-,7+/m0/s1. The second kappa shape index (κ2) is 5.49. The van der Waals surface area contributed by atoms with Gasteiger partial charge in [0.15, 0.2) is 0 Å². The van der Waals surface area contributed by atoms with E-state index in [9.17, 15) is 13.2 Å². The van der Waals surface area contributed by atoms with Gasteiger partial charge >= 0.3 is 0 Å². The van der Waals surface area contributed by atoms with E-state index in [1.165, 1.54) is 0 Å². The lowest BCUT2D eigenvalue weighted by molar-refractivity contribution is -0.118. The van der Waals surface area contributed by atoms with E-state index in [0.29, 0.717) is 0 Å². The number of sulfone groups is 1. The van der Waals surface area contributed by atoms with Crippen LogP contribution in [-0.2, 0) is 14.6 Å². The number of allylic oxidation sites excluding steroid dienone is 1. The Morgan fingerprint density at radius 3 is 2.48 bits per heavy atom. The summed E-state index contributed by atoms with van der Waals surface area (Å²) in [6, 6.07) is 0. The highest BCUT2D eigenvalue weighted by atomic mass is 35.5. The predicted octanol–water partition coefficient (Wildman–Crippen LogP) is 2.47. The molecule has 0 aromatic carbocycles. The van der Waals surface area contributed by atoms with E-state index in [1.807, 2.05) is 13.8 Å². The normalized spacial score (nSPS) is 23.5. The zero-order valence-electron chi connectivity index (χ0n) is 11.4. The fourth-order valence-electron chi connectivity index (χ4n) is 2.22. The molecule has 1 fully saturated rings. The zero-order valence-corrected chi connectivity index (χ0v) is 14.6. The molecule has 0 bridgehead atoms. The lowest BCUT2D eigenvalue weighted by Gasteiger charge is -2.01. The summed E-state index contributed by atoms with van der Waals surface area (Å²) < 4.78 is 22.6. The van der Waals surface area contributed by atoms with Crippen LogP contribution in [0.5, 0.6) is 0 Å². The topological polar surface area (TPSA) is 89.0 Å². The predicted molar refractivity (Wildman–Crippen MR) is 82.2 cm³/mol. The van der Waals surface area contributed by atoms with E-state index in [1.54, 1.807) is 6.08 Å². The Morgan fingerprint density at radius 2 is 2.00 bits per heavy atom. The van der Waals surface area contributed by atoms with Crippen molar-refractivity contribution in [1.29, 1.82) is 0 Å². The van der Waals surface area contributed by atoms with Crippen molar-refractivity contribution >= 4 is 55.4 Å². The molecule has 10 heteroatoms. The SMILES string of the molecule is CC1(C)[C@@H](C=C(Cl)Cl)[C@@H]1C(=O)Nc1nnc(S(C)(=O)=O)s1. The summed E-state index contributed by atoms with van der Waals surface area (Å²) in [6.07, 6.45) is 2.67. The highest BCUT2D eigenvalue weighted by molar-refractivity contribution is 7.92. The average molecular weight is 370 g/mol. The largest absolute Gasteiger partial charge is 0.300 e. The number of amides is 1. The van der Waals surface area contributed by atoms with Crippen molar-refractivity contribution in [2.45, 2.75) is 18.2 Å². The van der Waals surface area contributed by atoms with Gasteiger partial charge in [-0.05, 0) is 17.4 Å². The molecule has 0 radical (unpaired) electrons. The van der Waals surface area contributed by atoms with Gasteiger partial charge < -0.3 is 5.32 Å². The summed E-state index contributed by atoms with van der Waals surface area (Å²) in [5, 5.41) is 9.93. The van der Waals surface area contributed by atoms with Gasteiger partial charge in [-0.15, -0.1) is 10.2 Å². The van der Waals surface area contributed by atoms with E-state index in [0.717, 1.165) is 17.6 Å². The third-order valence-electron chi connectivity index (χ3n) is 3.45. The minimum atomic E-state index is -3.42. The van der Waals surface area contributed by atoms with Crippen LogP contribution in [0.1, 0.15) is 13.8 Å². The first-order valence-electron chi connectivity index (χ1n) is 5.90. The molecule has 0 unspecified atom stereocenters. The van der Waals surface area contributed by atoms with Crippen LogP contribution in [0.15, 0.2) is 14.9 Å². The molecule has 1 saturated carbocycles. The molecule has 116 valence electrons. The maximum Gasteiger partial charge on any atom is 0.234 e. The van der Waals surface area contributed by atoms with Gasteiger partial charge in [-0.3, -0.25) is 4.79 Å². The van der Waals surface area contributed by atoms with Gasteiger partial charge in [-0.2, -0.15) is 0 Å². The van der Waals surface area contributed by atoms with E-state index in [-0.39, 0.29) is 37.1 Å². The second-order valence-corrected chi connectivity index (χ2v) is 9.59. The summed E-state index contributed by atoms with van der Waals surface area (Å²) in [7, 11) is -3.42. The Hall–Kier alpha value is -0.700. The number of halogens is 2. The third kappa shape index (κ3) is 3.56. The number of carbonyl (C=O) groups excluding carboxylic acids is 1. The van der Waals surface area contributed by atoms with Crippen molar-refractivity contribution < 1.29 is 13.2 Å². The van der Waals surface area contributed by atoms with E-state index < -0.39 is 9.84 Å². The molecular formula is C11H13Cl2N3O3S2. The van der Waals surface area contributed by atoms with Crippen molar-refractivity contribution in [3.63, 3.8) is 0 Å². The molecular weight excluding hydrogens is 357 g/mol. The Kier molecular flexibility index (Phi) is 4.36.